The van der Waals surface area contributed by atoms with Gasteiger partial charge < -0.3 is 4.74 Å². The van der Waals surface area contributed by atoms with Crippen LogP contribution in [-0.2, 0) is 0 Å². The van der Waals surface area contributed by atoms with Crippen LogP contribution in [0.3, 0.4) is 0 Å². The molecule has 0 N–H and O–H groups in total. The highest BCUT2D eigenvalue weighted by molar-refractivity contribution is 9.10. The molecule has 0 atom stereocenters. The zero-order valence-electron chi connectivity index (χ0n) is 10.4. The van der Waals surface area contributed by atoms with Crippen molar-refractivity contribution in [2.24, 2.45) is 5.41 Å². The molecule has 0 radical (unpaired) electrons. The van der Waals surface area contributed by atoms with Gasteiger partial charge in [-0.15, -0.1) is 0 Å². The van der Waals surface area contributed by atoms with E-state index in [0.29, 0.717) is 0 Å². The summed E-state index contributed by atoms with van der Waals surface area (Å²) >= 11 is 3.54. The van der Waals surface area contributed by atoms with Gasteiger partial charge in [-0.3, -0.25) is 0 Å². The molecule has 0 saturated heterocycles. The normalized spacial score (nSPS) is 27.1. The minimum Gasteiger partial charge on any atom is -0.490 e. The van der Waals surface area contributed by atoms with Crippen molar-refractivity contribution in [1.29, 1.82) is 5.26 Å². The zero-order valence-corrected chi connectivity index (χ0v) is 12.0. The van der Waals surface area contributed by atoms with Crippen molar-refractivity contribution in [2.75, 3.05) is 0 Å². The Morgan fingerprint density at radius 2 is 1.88 bits per heavy atom. The van der Waals surface area contributed by atoms with E-state index in [1.165, 1.54) is 11.1 Å². The third-order valence-corrected chi connectivity index (χ3v) is 4.59. The molecule has 3 heteroatoms. The lowest BCUT2D eigenvalue weighted by Gasteiger charge is -2.39. The second-order valence-corrected chi connectivity index (χ2v) is 5.98. The fourth-order valence-electron chi connectivity index (χ4n) is 2.29. The number of nitriles is 1. The fourth-order valence-corrected chi connectivity index (χ4v) is 2.52. The van der Waals surface area contributed by atoms with Crippen LogP contribution in [0.25, 0.3) is 0 Å². The summed E-state index contributed by atoms with van der Waals surface area (Å²) in [7, 11) is 0. The van der Waals surface area contributed by atoms with Crippen LogP contribution >= 0.6 is 15.9 Å². The summed E-state index contributed by atoms with van der Waals surface area (Å²) in [5.74, 6) is 0.910. The van der Waals surface area contributed by atoms with Crippen molar-refractivity contribution in [3.8, 4) is 11.8 Å². The number of hydrogen-bond acceptors (Lipinski definition) is 2. The predicted molar refractivity (Wildman–Crippen MR) is 71.0 cm³/mol. The first-order chi connectivity index (χ1) is 7.93. The summed E-state index contributed by atoms with van der Waals surface area (Å²) in [6, 6.07) is 6.42. The Balaban J connectivity index is 2.05. The molecule has 1 aliphatic carbocycles. The summed E-state index contributed by atoms with van der Waals surface area (Å²) in [5.41, 5.74) is 2.19. The van der Waals surface area contributed by atoms with Crippen LogP contribution in [0.4, 0.5) is 0 Å². The average Bonchev–Trinajstić information content (AvgIpc) is 2.23. The number of aryl methyl sites for hydroxylation is 2. The second-order valence-electron chi connectivity index (χ2n) is 5.19. The smallest absolute Gasteiger partial charge is 0.120 e. The standard InChI is InChI=1S/C14H16BrNO/c1-9-4-11(5-10(2)13(9)15)17-12-6-14(3,7-12)8-16/h4-5,12H,6-7H2,1-3H3/t12-,14-. The third kappa shape index (κ3) is 2.47. The molecule has 2 nitrogen and oxygen atoms in total. The largest absolute Gasteiger partial charge is 0.490 e. The molecule has 1 aliphatic rings. The SMILES string of the molecule is Cc1cc(O[C@H]2C[C@](C)(C#N)C2)cc(C)c1Br. The van der Waals surface area contributed by atoms with E-state index in [1.54, 1.807) is 0 Å². The van der Waals surface area contributed by atoms with Crippen molar-refractivity contribution in [1.82, 2.24) is 0 Å². The number of rotatable bonds is 2. The van der Waals surface area contributed by atoms with Gasteiger partial charge in [0.1, 0.15) is 11.9 Å². The molecule has 1 aromatic rings. The summed E-state index contributed by atoms with van der Waals surface area (Å²) in [6.45, 7) is 6.11. The molecule has 1 fully saturated rings. The molecule has 0 spiro atoms. The number of nitrogens with zero attached hydrogens (tertiary/aromatic N) is 1. The monoisotopic (exact) mass is 293 g/mol. The molecule has 17 heavy (non-hydrogen) atoms. The summed E-state index contributed by atoms with van der Waals surface area (Å²) < 4.78 is 7.03. The van der Waals surface area contributed by atoms with Crippen molar-refractivity contribution in [3.63, 3.8) is 0 Å². The molecule has 90 valence electrons. The quantitative estimate of drug-likeness (QED) is 0.821. The summed E-state index contributed by atoms with van der Waals surface area (Å²) in [4.78, 5) is 0. The summed E-state index contributed by atoms with van der Waals surface area (Å²) in [6.07, 6.45) is 1.86. The van der Waals surface area contributed by atoms with Gasteiger partial charge in [-0.1, -0.05) is 15.9 Å². The van der Waals surface area contributed by atoms with Crippen LogP contribution in [-0.4, -0.2) is 6.10 Å². The van der Waals surface area contributed by atoms with E-state index < -0.39 is 0 Å². The fraction of sp³-hybridized carbons (Fsp3) is 0.500. The van der Waals surface area contributed by atoms with Gasteiger partial charge in [0.2, 0.25) is 0 Å². The molecule has 0 aliphatic heterocycles. The van der Waals surface area contributed by atoms with E-state index in [2.05, 4.69) is 35.8 Å². The third-order valence-electron chi connectivity index (χ3n) is 3.34. The van der Waals surface area contributed by atoms with Gasteiger partial charge in [0, 0.05) is 17.3 Å². The highest BCUT2D eigenvalue weighted by Gasteiger charge is 2.42. The average molecular weight is 294 g/mol. The van der Waals surface area contributed by atoms with Crippen LogP contribution < -0.4 is 4.74 Å². The number of hydrogen-bond donors (Lipinski definition) is 0. The van der Waals surface area contributed by atoms with Crippen molar-refractivity contribution in [2.45, 2.75) is 39.7 Å². The van der Waals surface area contributed by atoms with Crippen molar-refractivity contribution in [3.05, 3.63) is 27.7 Å². The minimum absolute atomic E-state index is 0.176. The van der Waals surface area contributed by atoms with E-state index in [0.717, 1.165) is 23.1 Å². The maximum Gasteiger partial charge on any atom is 0.120 e. The van der Waals surface area contributed by atoms with Gasteiger partial charge in [-0.25, -0.2) is 0 Å². The Morgan fingerprint density at radius 3 is 2.35 bits per heavy atom. The van der Waals surface area contributed by atoms with Gasteiger partial charge in [-0.05, 0) is 44.0 Å². The first-order valence-corrected chi connectivity index (χ1v) is 6.57. The first kappa shape index (κ1) is 12.4. The first-order valence-electron chi connectivity index (χ1n) is 5.78. The minimum atomic E-state index is -0.176. The van der Waals surface area contributed by atoms with Gasteiger partial charge in [0.05, 0.1) is 11.5 Å². The molecule has 0 bridgehead atoms. The lowest BCUT2D eigenvalue weighted by molar-refractivity contribution is 0.0340. The number of ether oxygens (including phenoxy) is 1. The molecule has 0 aromatic heterocycles. The van der Waals surface area contributed by atoms with Gasteiger partial charge in [0.15, 0.2) is 0 Å². The van der Waals surface area contributed by atoms with Crippen LogP contribution in [0.5, 0.6) is 5.75 Å². The lowest BCUT2D eigenvalue weighted by Crippen LogP contribution is -2.41. The van der Waals surface area contributed by atoms with E-state index in [4.69, 9.17) is 10.00 Å². The van der Waals surface area contributed by atoms with Crippen LogP contribution in [0.2, 0.25) is 0 Å². The zero-order chi connectivity index (χ0) is 12.6. The van der Waals surface area contributed by atoms with Crippen LogP contribution in [0, 0.1) is 30.6 Å². The predicted octanol–water partition coefficient (Wildman–Crippen LogP) is 4.14. The lowest BCUT2D eigenvalue weighted by atomic mass is 9.69. The van der Waals surface area contributed by atoms with Gasteiger partial charge in [0.25, 0.3) is 0 Å². The molecular formula is C14H16BrNO. The Morgan fingerprint density at radius 1 is 1.35 bits per heavy atom. The van der Waals surface area contributed by atoms with Gasteiger partial charge in [-0.2, -0.15) is 5.26 Å². The molecule has 0 heterocycles. The molecule has 0 amide bonds. The maximum absolute atomic E-state index is 8.94. The maximum atomic E-state index is 8.94. The van der Waals surface area contributed by atoms with Crippen LogP contribution in [0.15, 0.2) is 16.6 Å². The van der Waals surface area contributed by atoms with Crippen molar-refractivity contribution >= 4 is 15.9 Å². The Bertz CT molecular complexity index is 460. The molecule has 0 unspecified atom stereocenters. The van der Waals surface area contributed by atoms with Crippen LogP contribution in [0.1, 0.15) is 30.9 Å². The van der Waals surface area contributed by atoms with E-state index in [-0.39, 0.29) is 11.5 Å². The van der Waals surface area contributed by atoms with Gasteiger partial charge >= 0.3 is 0 Å². The summed E-state index contributed by atoms with van der Waals surface area (Å²) in [5, 5.41) is 8.94. The number of halogens is 1. The second kappa shape index (κ2) is 4.34. The van der Waals surface area contributed by atoms with Crippen molar-refractivity contribution < 1.29 is 4.74 Å². The Labute approximate surface area is 111 Å². The Kier molecular flexibility index (Phi) is 3.18. The Hall–Kier alpha value is -1.01. The topological polar surface area (TPSA) is 33.0 Å². The molecule has 2 rings (SSSR count). The van der Waals surface area contributed by atoms with E-state index >= 15 is 0 Å². The van der Waals surface area contributed by atoms with E-state index in [9.17, 15) is 0 Å². The molecular weight excluding hydrogens is 278 g/mol. The highest BCUT2D eigenvalue weighted by atomic mass is 79.9. The van der Waals surface area contributed by atoms with E-state index in [1.807, 2.05) is 19.1 Å². The highest BCUT2D eigenvalue weighted by Crippen LogP contribution is 2.42. The molecule has 1 aromatic carbocycles. The molecule has 1 saturated carbocycles. The number of benzene rings is 1.